The molecule has 0 aromatic heterocycles. The minimum absolute atomic E-state index is 0.0474. The van der Waals surface area contributed by atoms with E-state index in [-0.39, 0.29) is 5.79 Å². The van der Waals surface area contributed by atoms with Gasteiger partial charge in [-0.3, -0.25) is 0 Å². The van der Waals surface area contributed by atoms with Crippen LogP contribution in [0.25, 0.3) is 0 Å². The van der Waals surface area contributed by atoms with Gasteiger partial charge in [-0.15, -0.1) is 0 Å². The van der Waals surface area contributed by atoms with Crippen molar-refractivity contribution >= 4 is 0 Å². The molecule has 6 rings (SSSR count). The number of ether oxygens (including phenoxy) is 2. The van der Waals surface area contributed by atoms with Crippen LogP contribution in [0, 0.1) is 40.4 Å². The van der Waals surface area contributed by atoms with Gasteiger partial charge in [0.1, 0.15) is 0 Å². The van der Waals surface area contributed by atoms with Crippen molar-refractivity contribution in [1.29, 1.82) is 0 Å². The first kappa shape index (κ1) is 21.2. The van der Waals surface area contributed by atoms with Crippen molar-refractivity contribution in [3.05, 3.63) is 11.6 Å². The number of hydrogen-bond donors (Lipinski definition) is 0. The molecule has 3 heterocycles. The number of rotatable bonds is 3. The van der Waals surface area contributed by atoms with Gasteiger partial charge >= 0.3 is 5.79 Å². The molecule has 31 heavy (non-hydrogen) atoms. The fourth-order valence-electron chi connectivity index (χ4n) is 9.69. The molecule has 3 saturated heterocycles. The summed E-state index contributed by atoms with van der Waals surface area (Å²) in [7, 11) is 0. The molecule has 0 bridgehead atoms. The largest absolute Gasteiger partial charge is 0.378 e. The summed E-state index contributed by atoms with van der Waals surface area (Å²) in [4.78, 5) is 0. The van der Waals surface area contributed by atoms with E-state index in [1.165, 1.54) is 58.0 Å². The van der Waals surface area contributed by atoms with Gasteiger partial charge in [0.05, 0.1) is 18.6 Å². The molecule has 0 unspecified atom stereocenters. The second-order valence-corrected chi connectivity index (χ2v) is 12.5. The van der Waals surface area contributed by atoms with Gasteiger partial charge in [0, 0.05) is 18.9 Å². The fraction of sp³-hybridized carbons (Fsp3) is 0.929. The maximum atomic E-state index is 6.47. The van der Waals surface area contributed by atoms with Crippen LogP contribution in [0.4, 0.5) is 0 Å². The Bertz CT molecular complexity index is 761. The molecule has 2 saturated carbocycles. The molecule has 0 N–H and O–H groups in total. The molecule has 3 nitrogen and oxygen atoms in total. The topological polar surface area (TPSA) is 21.2 Å². The third-order valence-electron chi connectivity index (χ3n) is 11.7. The predicted octanol–water partition coefficient (Wildman–Crippen LogP) is 6.29. The smallest absolute Gasteiger partial charge is 0.352 e. The summed E-state index contributed by atoms with van der Waals surface area (Å²) < 4.78 is 16.2. The van der Waals surface area contributed by atoms with E-state index in [0.717, 1.165) is 36.9 Å². The molecule has 5 fully saturated rings. The average Bonchev–Trinajstić information content (AvgIpc) is 3.33. The molecule has 0 aromatic carbocycles. The van der Waals surface area contributed by atoms with Crippen molar-refractivity contribution < 1.29 is 13.8 Å². The number of fused-ring (bicyclic) bond motifs is 4. The van der Waals surface area contributed by atoms with Gasteiger partial charge < -0.3 is 13.8 Å². The number of hydrogen-bond acceptors (Lipinski definition) is 2. The van der Waals surface area contributed by atoms with Gasteiger partial charge in [0.15, 0.2) is 6.61 Å². The lowest BCUT2D eigenvalue weighted by molar-refractivity contribution is -0.129. The van der Waals surface area contributed by atoms with E-state index in [2.05, 4.69) is 45.1 Å². The van der Waals surface area contributed by atoms with E-state index in [0.29, 0.717) is 29.0 Å². The Balaban J connectivity index is 1.23. The normalized spacial score (nSPS) is 56.2. The van der Waals surface area contributed by atoms with Crippen molar-refractivity contribution in [2.75, 3.05) is 19.8 Å². The minimum atomic E-state index is 0.0474. The first-order valence-corrected chi connectivity index (χ1v) is 13.5. The lowest BCUT2D eigenvalue weighted by atomic mass is 9.45. The predicted molar refractivity (Wildman–Crippen MR) is 124 cm³/mol. The Hall–Kier alpha value is -0.380. The van der Waals surface area contributed by atoms with E-state index in [9.17, 15) is 0 Å². The second-order valence-electron chi connectivity index (χ2n) is 12.5. The quantitative estimate of drug-likeness (QED) is 0.299. The molecule has 3 aliphatic heterocycles. The third kappa shape index (κ3) is 2.69. The minimum Gasteiger partial charge on any atom is -0.378 e. The van der Waals surface area contributed by atoms with Crippen LogP contribution in [-0.4, -0.2) is 37.8 Å². The van der Waals surface area contributed by atoms with Crippen LogP contribution < -0.4 is 0 Å². The summed E-state index contributed by atoms with van der Waals surface area (Å²) in [6.07, 6.45) is 14.2. The highest BCUT2D eigenvalue weighted by Crippen LogP contribution is 2.70. The lowest BCUT2D eigenvalue weighted by Gasteiger charge is -2.59. The van der Waals surface area contributed by atoms with Crippen molar-refractivity contribution in [3.8, 4) is 0 Å². The molecule has 0 amide bonds. The van der Waals surface area contributed by atoms with E-state index in [1.807, 2.05) is 0 Å². The van der Waals surface area contributed by atoms with Gasteiger partial charge in [0.25, 0.3) is 6.10 Å². The second kappa shape index (κ2) is 7.06. The summed E-state index contributed by atoms with van der Waals surface area (Å²) in [5.74, 6) is 3.96. The highest BCUT2D eigenvalue weighted by atomic mass is 16.9. The Labute approximate surface area is 190 Å². The van der Waals surface area contributed by atoms with Crippen molar-refractivity contribution in [2.24, 2.45) is 40.4 Å². The molecular formula is C28H45O3+. The summed E-state index contributed by atoms with van der Waals surface area (Å²) in [6, 6.07) is 0. The van der Waals surface area contributed by atoms with Crippen molar-refractivity contribution in [2.45, 2.75) is 104 Å². The Kier molecular flexibility index (Phi) is 4.82. The van der Waals surface area contributed by atoms with Crippen LogP contribution in [0.1, 0.15) is 86.0 Å². The van der Waals surface area contributed by atoms with Crippen molar-refractivity contribution in [1.82, 2.24) is 0 Å². The average molecular weight is 430 g/mol. The van der Waals surface area contributed by atoms with Gasteiger partial charge in [-0.1, -0.05) is 39.3 Å². The molecule has 3 aliphatic carbocycles. The van der Waals surface area contributed by atoms with Crippen LogP contribution in [0.15, 0.2) is 11.6 Å². The summed E-state index contributed by atoms with van der Waals surface area (Å²) in [5, 5.41) is 0. The van der Waals surface area contributed by atoms with E-state index >= 15 is 0 Å². The molecule has 10 atom stereocenters. The van der Waals surface area contributed by atoms with E-state index in [4.69, 9.17) is 9.47 Å². The van der Waals surface area contributed by atoms with Crippen LogP contribution in [0.3, 0.4) is 0 Å². The number of allylic oxidation sites excluding steroid dienone is 1. The van der Waals surface area contributed by atoms with E-state index in [1.54, 1.807) is 5.57 Å². The van der Waals surface area contributed by atoms with Gasteiger partial charge in [-0.25, -0.2) is 0 Å². The van der Waals surface area contributed by atoms with Crippen LogP contribution in [-0.2, 0) is 13.8 Å². The SMILES string of the molecule is CCO[C@H]1CC[C@@]2(C)C(=CC[C@H]3[C@H](C)[C@@](C)([C@@H]4C[O+]5[C@H]6CCCO[C@]65[C@H]4C)CC[C@@H]32)C1. The Morgan fingerprint density at radius 2 is 1.94 bits per heavy atom. The van der Waals surface area contributed by atoms with Crippen LogP contribution in [0.2, 0.25) is 0 Å². The highest BCUT2D eigenvalue weighted by molar-refractivity contribution is 5.25. The molecule has 6 aliphatic rings. The molecule has 0 radical (unpaired) electrons. The molecule has 1 spiro atoms. The van der Waals surface area contributed by atoms with E-state index < -0.39 is 0 Å². The third-order valence-corrected chi connectivity index (χ3v) is 11.7. The fourth-order valence-corrected chi connectivity index (χ4v) is 9.69. The molecule has 174 valence electrons. The van der Waals surface area contributed by atoms with Gasteiger partial charge in [-0.2, -0.15) is 0 Å². The maximum absolute atomic E-state index is 6.47. The first-order valence-electron chi connectivity index (χ1n) is 13.5. The standard InChI is InChI=1S/C28H45O3/c1-6-29-21-11-13-27(5)20(16-21)9-10-22-18(2)26(4,14-12-23(22)27)24-17-31-25-8-7-15-30-28(25,31)19(24)3/h9,18-19,21-25H,6-8,10-17H2,1-5H3/q+1/t18-,19-,21-,22-,23-,24+,25-,26-,27-,28-/m0/s1. The summed E-state index contributed by atoms with van der Waals surface area (Å²) in [6.45, 7) is 15.6. The van der Waals surface area contributed by atoms with Crippen molar-refractivity contribution in [3.63, 3.8) is 0 Å². The van der Waals surface area contributed by atoms with Crippen LogP contribution >= 0.6 is 0 Å². The van der Waals surface area contributed by atoms with Gasteiger partial charge in [0.2, 0.25) is 0 Å². The molecule has 3 heteroatoms. The first-order chi connectivity index (χ1) is 14.9. The highest BCUT2D eigenvalue weighted by Gasteiger charge is 2.85. The summed E-state index contributed by atoms with van der Waals surface area (Å²) >= 11 is 0. The lowest BCUT2D eigenvalue weighted by Crippen LogP contribution is -2.53. The molecule has 0 aromatic rings. The molecular weight excluding hydrogens is 384 g/mol. The number of epoxide rings is 1. The Morgan fingerprint density at radius 3 is 2.74 bits per heavy atom. The van der Waals surface area contributed by atoms with Gasteiger partial charge in [-0.05, 0) is 80.5 Å². The zero-order valence-electron chi connectivity index (χ0n) is 20.6. The maximum Gasteiger partial charge on any atom is 0.352 e. The zero-order chi connectivity index (χ0) is 21.6. The van der Waals surface area contributed by atoms with Crippen LogP contribution in [0.5, 0.6) is 0 Å². The zero-order valence-corrected chi connectivity index (χ0v) is 20.6. The monoisotopic (exact) mass is 429 g/mol. The summed E-state index contributed by atoms with van der Waals surface area (Å²) in [5.41, 5.74) is 2.60. The Morgan fingerprint density at radius 1 is 1.10 bits per heavy atom.